The van der Waals surface area contributed by atoms with Gasteiger partial charge in [-0.05, 0) is 41.6 Å². The number of nitriles is 1. The van der Waals surface area contributed by atoms with Crippen LogP contribution in [-0.4, -0.2) is 24.9 Å². The van der Waals surface area contributed by atoms with Crippen molar-refractivity contribution in [1.29, 1.82) is 5.26 Å². The van der Waals surface area contributed by atoms with E-state index in [4.69, 9.17) is 15.4 Å². The number of allylic oxidation sites excluding steroid dienone is 2. The molecule has 0 aliphatic heterocycles. The zero-order valence-corrected chi connectivity index (χ0v) is 15.2. The molecule has 0 saturated carbocycles. The van der Waals surface area contributed by atoms with Gasteiger partial charge in [0.15, 0.2) is 0 Å². The fourth-order valence-corrected chi connectivity index (χ4v) is 2.35. The number of primary amides is 1. The summed E-state index contributed by atoms with van der Waals surface area (Å²) < 4.78 is 5.80. The van der Waals surface area contributed by atoms with Crippen molar-refractivity contribution in [3.63, 3.8) is 0 Å². The summed E-state index contributed by atoms with van der Waals surface area (Å²) in [5.41, 5.74) is 7.23. The zero-order valence-electron chi connectivity index (χ0n) is 15.2. The van der Waals surface area contributed by atoms with Crippen LogP contribution in [0.2, 0.25) is 0 Å². The molecule has 2 rings (SSSR count). The second-order valence-corrected chi connectivity index (χ2v) is 6.08. The highest BCUT2D eigenvalue weighted by Gasteiger charge is 2.14. The summed E-state index contributed by atoms with van der Waals surface area (Å²) in [6.07, 6.45) is 1.96. The molecular formula is C21H21N3O2. The van der Waals surface area contributed by atoms with Gasteiger partial charge in [0.05, 0.1) is 0 Å². The molecule has 0 fully saturated rings. The highest BCUT2D eigenvalue weighted by Crippen LogP contribution is 2.26. The lowest BCUT2D eigenvalue weighted by atomic mass is 10.1. The first-order valence-electron chi connectivity index (χ1n) is 7.93. The van der Waals surface area contributed by atoms with E-state index in [2.05, 4.69) is 13.2 Å². The van der Waals surface area contributed by atoms with Gasteiger partial charge in [-0.15, -0.1) is 0 Å². The summed E-state index contributed by atoms with van der Waals surface area (Å²) in [6, 6.07) is 11.1. The molecule has 2 N–H and O–H groups in total. The molecule has 5 nitrogen and oxygen atoms in total. The standard InChI is InChI=1S/C21H21N3O2/c1-13-10-17(7-6-16(13)11-14(2)24(4)5)20-9-8-19(26-20)15(3)18(12-22)21(23)25/h6-11H,1-2H2,3-5H3,(H2,23,25)/b16-11-,18-15+. The Morgan fingerprint density at radius 1 is 1.31 bits per heavy atom. The van der Waals surface area contributed by atoms with Crippen molar-refractivity contribution >= 4 is 24.1 Å². The maximum absolute atomic E-state index is 11.3. The number of hydrogen-bond donors (Lipinski definition) is 1. The van der Waals surface area contributed by atoms with Gasteiger partial charge in [0, 0.05) is 30.9 Å². The number of benzene rings is 1. The van der Waals surface area contributed by atoms with E-state index in [-0.39, 0.29) is 5.57 Å². The average molecular weight is 347 g/mol. The fraction of sp³-hybridized carbons (Fsp3) is 0.143. The van der Waals surface area contributed by atoms with Crippen LogP contribution in [0.5, 0.6) is 0 Å². The van der Waals surface area contributed by atoms with E-state index in [1.807, 2.05) is 49.3 Å². The van der Waals surface area contributed by atoms with Gasteiger partial charge in [-0.1, -0.05) is 25.3 Å². The van der Waals surface area contributed by atoms with Crippen LogP contribution < -0.4 is 16.2 Å². The number of nitrogens with two attached hydrogens (primary N) is 1. The molecule has 2 aromatic rings. The van der Waals surface area contributed by atoms with E-state index < -0.39 is 5.91 Å². The molecule has 0 spiro atoms. The summed E-state index contributed by atoms with van der Waals surface area (Å²) in [6.45, 7) is 9.70. The minimum atomic E-state index is -0.774. The normalized spacial score (nSPS) is 12.3. The van der Waals surface area contributed by atoms with Crippen LogP contribution in [0.1, 0.15) is 12.7 Å². The lowest BCUT2D eigenvalue weighted by molar-refractivity contribution is -0.114. The van der Waals surface area contributed by atoms with Crippen LogP contribution in [0, 0.1) is 11.3 Å². The van der Waals surface area contributed by atoms with Crippen LogP contribution >= 0.6 is 0 Å². The Morgan fingerprint density at radius 2 is 2.00 bits per heavy atom. The Labute approximate surface area is 152 Å². The average Bonchev–Trinajstić information content (AvgIpc) is 3.06. The number of carbonyl (C=O) groups is 1. The summed E-state index contributed by atoms with van der Waals surface area (Å²) in [5.74, 6) is 0.269. The largest absolute Gasteiger partial charge is 0.456 e. The molecule has 0 bridgehead atoms. The summed E-state index contributed by atoms with van der Waals surface area (Å²) in [7, 11) is 3.86. The van der Waals surface area contributed by atoms with Crippen LogP contribution in [0.4, 0.5) is 0 Å². The molecule has 1 amide bonds. The van der Waals surface area contributed by atoms with Gasteiger partial charge in [0.2, 0.25) is 0 Å². The number of nitrogens with zero attached hydrogens (tertiary/aromatic N) is 2. The van der Waals surface area contributed by atoms with Gasteiger partial charge < -0.3 is 15.1 Å². The Morgan fingerprint density at radius 3 is 2.54 bits per heavy atom. The monoisotopic (exact) mass is 347 g/mol. The minimum absolute atomic E-state index is 0.115. The third-order valence-corrected chi connectivity index (χ3v) is 4.03. The van der Waals surface area contributed by atoms with E-state index in [9.17, 15) is 4.79 Å². The summed E-state index contributed by atoms with van der Waals surface area (Å²) >= 11 is 0. The highest BCUT2D eigenvalue weighted by atomic mass is 16.3. The van der Waals surface area contributed by atoms with Gasteiger partial charge in [-0.25, -0.2) is 0 Å². The molecule has 26 heavy (non-hydrogen) atoms. The molecule has 0 aliphatic carbocycles. The maximum atomic E-state index is 11.3. The molecular weight excluding hydrogens is 326 g/mol. The van der Waals surface area contributed by atoms with Crippen molar-refractivity contribution in [3.8, 4) is 17.4 Å². The maximum Gasteiger partial charge on any atom is 0.259 e. The predicted molar refractivity (Wildman–Crippen MR) is 104 cm³/mol. The highest BCUT2D eigenvalue weighted by molar-refractivity contribution is 6.03. The lowest BCUT2D eigenvalue weighted by Gasteiger charge is -2.11. The van der Waals surface area contributed by atoms with E-state index >= 15 is 0 Å². The summed E-state index contributed by atoms with van der Waals surface area (Å²) in [5, 5.41) is 10.9. The topological polar surface area (TPSA) is 83.3 Å². The van der Waals surface area contributed by atoms with Crippen molar-refractivity contribution in [2.45, 2.75) is 6.92 Å². The molecule has 0 aliphatic rings. The first-order chi connectivity index (χ1) is 12.2. The van der Waals surface area contributed by atoms with Gasteiger partial charge in [0.25, 0.3) is 5.91 Å². The van der Waals surface area contributed by atoms with Gasteiger partial charge in [-0.3, -0.25) is 4.79 Å². The number of furan rings is 1. The molecule has 0 radical (unpaired) electrons. The van der Waals surface area contributed by atoms with Crippen molar-refractivity contribution in [1.82, 2.24) is 4.90 Å². The molecule has 0 unspecified atom stereocenters. The Bertz CT molecular complexity index is 1050. The molecule has 1 aromatic carbocycles. The second-order valence-electron chi connectivity index (χ2n) is 6.08. The molecule has 5 heteroatoms. The van der Waals surface area contributed by atoms with Crippen molar-refractivity contribution in [2.24, 2.45) is 5.73 Å². The van der Waals surface area contributed by atoms with E-state index in [1.165, 1.54) is 0 Å². The molecule has 1 heterocycles. The Hall–Kier alpha value is -3.52. The SMILES string of the molecule is C=C(/C=c1/ccc(-c2ccc(/C(C)=C(\C#N)C(N)=O)o2)cc1=C)N(C)C. The predicted octanol–water partition coefficient (Wildman–Crippen LogP) is 2.00. The van der Waals surface area contributed by atoms with Crippen LogP contribution in [-0.2, 0) is 4.79 Å². The van der Waals surface area contributed by atoms with E-state index in [1.54, 1.807) is 19.1 Å². The van der Waals surface area contributed by atoms with Gasteiger partial charge in [-0.2, -0.15) is 5.26 Å². The van der Waals surface area contributed by atoms with Crippen molar-refractivity contribution in [2.75, 3.05) is 14.1 Å². The molecule has 0 saturated heterocycles. The van der Waals surface area contributed by atoms with Crippen LogP contribution in [0.3, 0.4) is 0 Å². The molecule has 132 valence electrons. The lowest BCUT2D eigenvalue weighted by Crippen LogP contribution is -2.24. The van der Waals surface area contributed by atoms with E-state index in [0.29, 0.717) is 17.1 Å². The van der Waals surface area contributed by atoms with E-state index in [0.717, 1.165) is 21.7 Å². The van der Waals surface area contributed by atoms with Crippen LogP contribution in [0.15, 0.2) is 52.6 Å². The minimum Gasteiger partial charge on any atom is -0.456 e. The fourth-order valence-electron chi connectivity index (χ4n) is 2.35. The zero-order chi connectivity index (χ0) is 19.4. The molecule has 1 aromatic heterocycles. The Balaban J connectivity index is 2.44. The molecule has 0 atom stereocenters. The van der Waals surface area contributed by atoms with Crippen molar-refractivity contribution < 1.29 is 9.21 Å². The van der Waals surface area contributed by atoms with Crippen molar-refractivity contribution in [3.05, 3.63) is 64.4 Å². The number of amides is 1. The van der Waals surface area contributed by atoms with Gasteiger partial charge >= 0.3 is 0 Å². The van der Waals surface area contributed by atoms with Crippen LogP contribution in [0.25, 0.3) is 29.6 Å². The quantitative estimate of drug-likeness (QED) is 0.662. The first-order valence-corrected chi connectivity index (χ1v) is 7.93. The van der Waals surface area contributed by atoms with Gasteiger partial charge in [0.1, 0.15) is 23.2 Å². The smallest absolute Gasteiger partial charge is 0.259 e. The first kappa shape index (κ1) is 18.8. The number of rotatable bonds is 5. The third-order valence-electron chi connectivity index (χ3n) is 4.03. The number of hydrogen-bond acceptors (Lipinski definition) is 4. The number of carbonyl (C=O) groups excluding carboxylic acids is 1. The Kier molecular flexibility index (Phi) is 5.48. The summed E-state index contributed by atoms with van der Waals surface area (Å²) in [4.78, 5) is 13.2. The second kappa shape index (κ2) is 7.58. The third kappa shape index (κ3) is 3.93.